The molecule has 0 saturated carbocycles. The Hall–Kier alpha value is -1.26. The second-order valence-electron chi connectivity index (χ2n) is 4.46. The van der Waals surface area contributed by atoms with Gasteiger partial charge < -0.3 is 15.2 Å². The molecule has 0 spiro atoms. The first-order valence-electron chi connectivity index (χ1n) is 5.91. The molecular formula is C13H20N2O2. The average Bonchev–Trinajstić information content (AvgIpc) is 2.74. The third kappa shape index (κ3) is 2.90. The van der Waals surface area contributed by atoms with Crippen LogP contribution in [-0.2, 0) is 6.54 Å². The molecule has 2 N–H and O–H groups in total. The average molecular weight is 236 g/mol. The molecule has 1 unspecified atom stereocenters. The van der Waals surface area contributed by atoms with Crippen LogP contribution in [0.25, 0.3) is 0 Å². The first-order chi connectivity index (χ1) is 8.22. The van der Waals surface area contributed by atoms with Crippen LogP contribution >= 0.6 is 0 Å². The Morgan fingerprint density at radius 1 is 1.35 bits per heavy atom. The van der Waals surface area contributed by atoms with Crippen LogP contribution in [0.3, 0.4) is 0 Å². The lowest BCUT2D eigenvalue weighted by atomic mass is 10.1. The molecule has 1 atom stereocenters. The fourth-order valence-corrected chi connectivity index (χ4v) is 2.25. The van der Waals surface area contributed by atoms with E-state index < -0.39 is 0 Å². The second kappa shape index (κ2) is 5.38. The molecule has 1 aliphatic rings. The molecule has 0 bridgehead atoms. The molecule has 17 heavy (non-hydrogen) atoms. The van der Waals surface area contributed by atoms with E-state index in [1.54, 1.807) is 14.2 Å². The van der Waals surface area contributed by atoms with Gasteiger partial charge in [0.1, 0.15) is 11.5 Å². The molecule has 1 heterocycles. The van der Waals surface area contributed by atoms with Crippen molar-refractivity contribution in [2.45, 2.75) is 19.0 Å². The van der Waals surface area contributed by atoms with Crippen molar-refractivity contribution in [2.75, 3.05) is 27.3 Å². The monoisotopic (exact) mass is 236 g/mol. The van der Waals surface area contributed by atoms with Crippen LogP contribution in [-0.4, -0.2) is 38.3 Å². The highest BCUT2D eigenvalue weighted by Crippen LogP contribution is 2.26. The summed E-state index contributed by atoms with van der Waals surface area (Å²) in [4.78, 5) is 2.35. The van der Waals surface area contributed by atoms with Crippen molar-refractivity contribution in [1.29, 1.82) is 0 Å². The Labute approximate surface area is 102 Å². The van der Waals surface area contributed by atoms with E-state index >= 15 is 0 Å². The summed E-state index contributed by atoms with van der Waals surface area (Å²) in [5, 5.41) is 0. The fraction of sp³-hybridized carbons (Fsp3) is 0.538. The van der Waals surface area contributed by atoms with Gasteiger partial charge in [-0.25, -0.2) is 0 Å². The van der Waals surface area contributed by atoms with Crippen molar-refractivity contribution in [3.63, 3.8) is 0 Å². The summed E-state index contributed by atoms with van der Waals surface area (Å²) in [6.45, 7) is 2.88. The zero-order chi connectivity index (χ0) is 12.3. The number of hydrogen-bond acceptors (Lipinski definition) is 4. The Morgan fingerprint density at radius 3 is 2.76 bits per heavy atom. The van der Waals surface area contributed by atoms with E-state index in [1.807, 2.05) is 18.2 Å². The Balaban J connectivity index is 2.12. The van der Waals surface area contributed by atoms with E-state index in [1.165, 1.54) is 0 Å². The van der Waals surface area contributed by atoms with Gasteiger partial charge >= 0.3 is 0 Å². The highest BCUT2D eigenvalue weighted by Gasteiger charge is 2.20. The molecule has 0 radical (unpaired) electrons. The van der Waals surface area contributed by atoms with Crippen molar-refractivity contribution in [3.05, 3.63) is 23.8 Å². The zero-order valence-corrected chi connectivity index (χ0v) is 10.5. The summed E-state index contributed by atoms with van der Waals surface area (Å²) in [5.74, 6) is 1.77. The molecule has 1 aromatic rings. The summed E-state index contributed by atoms with van der Waals surface area (Å²) in [6, 6.07) is 6.21. The molecule has 0 aromatic heterocycles. The number of likely N-dealkylation sites (tertiary alicyclic amines) is 1. The predicted octanol–water partition coefficient (Wildman–Crippen LogP) is 1.24. The van der Waals surface area contributed by atoms with E-state index in [4.69, 9.17) is 15.2 Å². The normalized spacial score (nSPS) is 20.5. The molecule has 4 heteroatoms. The molecule has 2 rings (SSSR count). The highest BCUT2D eigenvalue weighted by atomic mass is 16.5. The molecule has 0 aliphatic carbocycles. The number of rotatable bonds is 4. The lowest BCUT2D eigenvalue weighted by Gasteiger charge is -2.17. The molecule has 1 fully saturated rings. The van der Waals surface area contributed by atoms with Gasteiger partial charge in [-0.1, -0.05) is 0 Å². The molecule has 94 valence electrons. The van der Waals surface area contributed by atoms with Crippen LogP contribution in [0, 0.1) is 0 Å². The van der Waals surface area contributed by atoms with Gasteiger partial charge in [0.25, 0.3) is 0 Å². The highest BCUT2D eigenvalue weighted by molar-refractivity contribution is 5.40. The first kappa shape index (κ1) is 12.2. The summed E-state index contributed by atoms with van der Waals surface area (Å²) in [5.41, 5.74) is 7.06. The minimum atomic E-state index is 0.312. The number of nitrogens with two attached hydrogens (primary N) is 1. The summed E-state index contributed by atoms with van der Waals surface area (Å²) in [6.07, 6.45) is 1.08. The first-order valence-corrected chi connectivity index (χ1v) is 5.91. The van der Waals surface area contributed by atoms with E-state index in [9.17, 15) is 0 Å². The van der Waals surface area contributed by atoms with Gasteiger partial charge in [-0.15, -0.1) is 0 Å². The quantitative estimate of drug-likeness (QED) is 0.854. The molecule has 1 saturated heterocycles. The van der Waals surface area contributed by atoms with Gasteiger partial charge in [0.05, 0.1) is 14.2 Å². The topological polar surface area (TPSA) is 47.7 Å². The minimum absolute atomic E-state index is 0.312. The number of benzene rings is 1. The summed E-state index contributed by atoms with van der Waals surface area (Å²) < 4.78 is 10.6. The summed E-state index contributed by atoms with van der Waals surface area (Å²) in [7, 11) is 3.37. The maximum Gasteiger partial charge on any atom is 0.123 e. The van der Waals surface area contributed by atoms with Crippen LogP contribution < -0.4 is 15.2 Å². The SMILES string of the molecule is COc1ccc(OC)c(CN2CCC(N)C2)c1. The lowest BCUT2D eigenvalue weighted by Crippen LogP contribution is -2.26. The Kier molecular flexibility index (Phi) is 3.86. The molecule has 1 aliphatic heterocycles. The van der Waals surface area contributed by atoms with Crippen LogP contribution in [0.2, 0.25) is 0 Å². The molecule has 1 aromatic carbocycles. The zero-order valence-electron chi connectivity index (χ0n) is 10.5. The van der Waals surface area contributed by atoms with E-state index in [0.29, 0.717) is 6.04 Å². The van der Waals surface area contributed by atoms with Crippen LogP contribution in [0.15, 0.2) is 18.2 Å². The maximum atomic E-state index is 5.91. The van der Waals surface area contributed by atoms with Gasteiger partial charge in [0.15, 0.2) is 0 Å². The molecule has 4 nitrogen and oxygen atoms in total. The fourth-order valence-electron chi connectivity index (χ4n) is 2.25. The van der Waals surface area contributed by atoms with Crippen molar-refractivity contribution in [2.24, 2.45) is 5.73 Å². The van der Waals surface area contributed by atoms with Crippen LogP contribution in [0.1, 0.15) is 12.0 Å². The van der Waals surface area contributed by atoms with Gasteiger partial charge in [-0.3, -0.25) is 4.90 Å². The van der Waals surface area contributed by atoms with Crippen LogP contribution in [0.5, 0.6) is 11.5 Å². The predicted molar refractivity (Wildman–Crippen MR) is 67.4 cm³/mol. The number of methoxy groups -OCH3 is 2. The second-order valence-corrected chi connectivity index (χ2v) is 4.46. The van der Waals surface area contributed by atoms with Crippen molar-refractivity contribution < 1.29 is 9.47 Å². The maximum absolute atomic E-state index is 5.91. The van der Waals surface area contributed by atoms with Crippen molar-refractivity contribution in [3.8, 4) is 11.5 Å². The number of ether oxygens (including phenoxy) is 2. The smallest absolute Gasteiger partial charge is 0.123 e. The standard InChI is InChI=1S/C13H20N2O2/c1-16-12-3-4-13(17-2)10(7-12)8-15-6-5-11(14)9-15/h3-4,7,11H,5-6,8-9,14H2,1-2H3. The van der Waals surface area contributed by atoms with Crippen molar-refractivity contribution >= 4 is 0 Å². The van der Waals surface area contributed by atoms with Gasteiger partial charge in [0, 0.05) is 31.2 Å². The van der Waals surface area contributed by atoms with E-state index in [2.05, 4.69) is 4.90 Å². The molecular weight excluding hydrogens is 216 g/mol. The van der Waals surface area contributed by atoms with Crippen molar-refractivity contribution in [1.82, 2.24) is 4.90 Å². The largest absolute Gasteiger partial charge is 0.497 e. The lowest BCUT2D eigenvalue weighted by molar-refractivity contribution is 0.315. The number of nitrogens with zero attached hydrogens (tertiary/aromatic N) is 1. The minimum Gasteiger partial charge on any atom is -0.497 e. The van der Waals surface area contributed by atoms with Gasteiger partial charge in [-0.2, -0.15) is 0 Å². The third-order valence-electron chi connectivity index (χ3n) is 3.19. The number of hydrogen-bond donors (Lipinski definition) is 1. The van der Waals surface area contributed by atoms with Crippen LogP contribution in [0.4, 0.5) is 0 Å². The van der Waals surface area contributed by atoms with E-state index in [-0.39, 0.29) is 0 Å². The Bertz CT molecular complexity index is 382. The van der Waals surface area contributed by atoms with E-state index in [0.717, 1.165) is 43.1 Å². The summed E-state index contributed by atoms with van der Waals surface area (Å²) >= 11 is 0. The third-order valence-corrected chi connectivity index (χ3v) is 3.19. The van der Waals surface area contributed by atoms with Gasteiger partial charge in [-0.05, 0) is 24.6 Å². The molecule has 0 amide bonds. The Morgan fingerprint density at radius 2 is 2.18 bits per heavy atom. The van der Waals surface area contributed by atoms with Gasteiger partial charge in [0.2, 0.25) is 0 Å².